The van der Waals surface area contributed by atoms with Crippen molar-refractivity contribution in [2.75, 3.05) is 26.9 Å². The van der Waals surface area contributed by atoms with E-state index < -0.39 is 11.7 Å². The van der Waals surface area contributed by atoms with Crippen molar-refractivity contribution in [1.29, 1.82) is 0 Å². The summed E-state index contributed by atoms with van der Waals surface area (Å²) in [6.07, 6.45) is 1.53. The van der Waals surface area contributed by atoms with Gasteiger partial charge in [0.1, 0.15) is 11.4 Å². The van der Waals surface area contributed by atoms with Gasteiger partial charge in [-0.1, -0.05) is 18.2 Å². The van der Waals surface area contributed by atoms with Crippen molar-refractivity contribution in [3.05, 3.63) is 65.9 Å². The van der Waals surface area contributed by atoms with Gasteiger partial charge in [-0.25, -0.2) is 9.78 Å². The maximum atomic E-state index is 13.1. The number of ether oxygens (including phenoxy) is 4. The second-order valence-corrected chi connectivity index (χ2v) is 10.2. The van der Waals surface area contributed by atoms with E-state index in [0.717, 1.165) is 33.4 Å². The predicted octanol–water partition coefficient (Wildman–Crippen LogP) is 6.69. The second kappa shape index (κ2) is 13.8. The number of carbonyl (C=O) groups excluding carboxylic acids is 2. The summed E-state index contributed by atoms with van der Waals surface area (Å²) in [7, 11) is 1.61. The van der Waals surface area contributed by atoms with Gasteiger partial charge in [-0.2, -0.15) is 0 Å². The summed E-state index contributed by atoms with van der Waals surface area (Å²) in [4.78, 5) is 31.3. The van der Waals surface area contributed by atoms with Gasteiger partial charge in [-0.15, -0.1) is 0 Å². The minimum atomic E-state index is -0.617. The Balaban J connectivity index is 2.11. The van der Waals surface area contributed by atoms with Crippen LogP contribution in [0.5, 0.6) is 11.6 Å². The number of esters is 1. The maximum Gasteiger partial charge on any atom is 0.410 e. The molecule has 8 heteroatoms. The van der Waals surface area contributed by atoms with E-state index in [9.17, 15) is 9.59 Å². The molecule has 1 heterocycles. The third-order valence-electron chi connectivity index (χ3n) is 6.07. The third-order valence-corrected chi connectivity index (χ3v) is 6.07. The van der Waals surface area contributed by atoms with Gasteiger partial charge in [0.25, 0.3) is 0 Å². The average Bonchev–Trinajstić information content (AvgIpc) is 2.91. The monoisotopic (exact) mass is 548 g/mol. The molecular formula is C32H40N2O6. The van der Waals surface area contributed by atoms with Gasteiger partial charge in [-0.3, -0.25) is 4.79 Å². The van der Waals surface area contributed by atoms with E-state index in [-0.39, 0.29) is 12.4 Å². The molecule has 0 aliphatic rings. The van der Waals surface area contributed by atoms with E-state index in [2.05, 4.69) is 11.1 Å². The van der Waals surface area contributed by atoms with Crippen LogP contribution < -0.4 is 9.47 Å². The predicted molar refractivity (Wildman–Crippen MR) is 155 cm³/mol. The van der Waals surface area contributed by atoms with Crippen LogP contribution in [-0.4, -0.2) is 54.4 Å². The Morgan fingerprint density at radius 3 is 2.25 bits per heavy atom. The van der Waals surface area contributed by atoms with Crippen molar-refractivity contribution in [2.24, 2.45) is 0 Å². The first-order chi connectivity index (χ1) is 19.1. The number of hydrogen-bond acceptors (Lipinski definition) is 7. The molecule has 214 valence electrons. The van der Waals surface area contributed by atoms with Crippen molar-refractivity contribution >= 4 is 12.1 Å². The molecule has 1 amide bonds. The largest absolute Gasteiger partial charge is 0.496 e. The first kappa shape index (κ1) is 30.5. The molecule has 8 nitrogen and oxygen atoms in total. The lowest BCUT2D eigenvalue weighted by Gasteiger charge is -2.27. The molecule has 0 fully saturated rings. The van der Waals surface area contributed by atoms with Gasteiger partial charge in [0, 0.05) is 36.5 Å². The standard InChI is InChI=1S/C32H40N2O6/c1-8-34(31(36)40-32(4,5)6)21-25-19-23(24-13-16-29(33-20-24)38-9-2)12-14-26(25)27-17-22(11-15-28(27)37-7)18-30(35)39-10-3/h11-17,19-20H,8-10,18,21H2,1-7H3. The Morgan fingerprint density at radius 2 is 1.65 bits per heavy atom. The third kappa shape index (κ3) is 8.21. The highest BCUT2D eigenvalue weighted by molar-refractivity contribution is 5.80. The zero-order valence-corrected chi connectivity index (χ0v) is 24.6. The van der Waals surface area contributed by atoms with Crippen LogP contribution in [0, 0.1) is 0 Å². The quantitative estimate of drug-likeness (QED) is 0.247. The molecule has 0 saturated heterocycles. The van der Waals surface area contributed by atoms with Crippen molar-refractivity contribution < 1.29 is 28.5 Å². The van der Waals surface area contributed by atoms with Crippen LogP contribution >= 0.6 is 0 Å². The summed E-state index contributed by atoms with van der Waals surface area (Å²) in [6.45, 7) is 12.8. The molecule has 0 aliphatic carbocycles. The second-order valence-electron chi connectivity index (χ2n) is 10.2. The zero-order chi connectivity index (χ0) is 29.3. The smallest absolute Gasteiger partial charge is 0.410 e. The SMILES string of the molecule is CCOC(=O)Cc1ccc(OC)c(-c2ccc(-c3ccc(OCC)nc3)cc2CN(CC)C(=O)OC(C)(C)C)c1. The number of amides is 1. The van der Waals surface area contributed by atoms with Gasteiger partial charge in [0.15, 0.2) is 0 Å². The summed E-state index contributed by atoms with van der Waals surface area (Å²) in [5.41, 5.74) is 4.64. The molecule has 0 spiro atoms. The molecule has 1 aromatic heterocycles. The maximum absolute atomic E-state index is 13.1. The van der Waals surface area contributed by atoms with Gasteiger partial charge < -0.3 is 23.8 Å². The lowest BCUT2D eigenvalue weighted by atomic mass is 9.93. The summed E-state index contributed by atoms with van der Waals surface area (Å²) < 4.78 is 22.0. The van der Waals surface area contributed by atoms with E-state index in [1.165, 1.54) is 0 Å². The zero-order valence-electron chi connectivity index (χ0n) is 24.6. The Morgan fingerprint density at radius 1 is 0.900 bits per heavy atom. The number of pyridine rings is 1. The molecule has 0 atom stereocenters. The van der Waals surface area contributed by atoms with Crippen LogP contribution in [0.2, 0.25) is 0 Å². The molecule has 0 unspecified atom stereocenters. The number of carbonyl (C=O) groups is 2. The molecule has 0 radical (unpaired) electrons. The van der Waals surface area contributed by atoms with Crippen molar-refractivity contribution in [3.63, 3.8) is 0 Å². The number of aromatic nitrogens is 1. The van der Waals surface area contributed by atoms with Crippen LogP contribution in [0.25, 0.3) is 22.3 Å². The van der Waals surface area contributed by atoms with Gasteiger partial charge in [0.05, 0.1) is 26.7 Å². The Labute approximate surface area is 237 Å². The number of rotatable bonds is 11. The Bertz CT molecular complexity index is 1300. The molecule has 40 heavy (non-hydrogen) atoms. The summed E-state index contributed by atoms with van der Waals surface area (Å²) in [5, 5.41) is 0. The molecule has 0 saturated carbocycles. The normalized spacial score (nSPS) is 11.1. The number of benzene rings is 2. The molecule has 3 aromatic rings. The van der Waals surface area contributed by atoms with Crippen molar-refractivity contribution in [2.45, 2.75) is 60.1 Å². The highest BCUT2D eigenvalue weighted by Crippen LogP contribution is 2.36. The summed E-state index contributed by atoms with van der Waals surface area (Å²) >= 11 is 0. The fourth-order valence-corrected chi connectivity index (χ4v) is 4.24. The van der Waals surface area contributed by atoms with Crippen LogP contribution in [0.15, 0.2) is 54.7 Å². The van der Waals surface area contributed by atoms with Crippen LogP contribution in [-0.2, 0) is 27.2 Å². The van der Waals surface area contributed by atoms with E-state index in [4.69, 9.17) is 18.9 Å². The van der Waals surface area contributed by atoms with E-state index >= 15 is 0 Å². The van der Waals surface area contributed by atoms with Gasteiger partial charge in [0.2, 0.25) is 5.88 Å². The minimum absolute atomic E-state index is 0.148. The topological polar surface area (TPSA) is 87.2 Å². The first-order valence-electron chi connectivity index (χ1n) is 13.6. The molecular weight excluding hydrogens is 508 g/mol. The Hall–Kier alpha value is -4.07. The van der Waals surface area contributed by atoms with E-state index in [1.54, 1.807) is 25.1 Å². The highest BCUT2D eigenvalue weighted by atomic mass is 16.6. The molecule has 0 aliphatic heterocycles. The average molecular weight is 549 g/mol. The highest BCUT2D eigenvalue weighted by Gasteiger charge is 2.23. The minimum Gasteiger partial charge on any atom is -0.496 e. The molecule has 3 rings (SSSR count). The van der Waals surface area contributed by atoms with Crippen molar-refractivity contribution in [3.8, 4) is 33.9 Å². The molecule has 2 aromatic carbocycles. The van der Waals surface area contributed by atoms with Gasteiger partial charge in [-0.05, 0) is 88.1 Å². The summed E-state index contributed by atoms with van der Waals surface area (Å²) in [5.74, 6) is 0.928. The van der Waals surface area contributed by atoms with Crippen LogP contribution in [0.4, 0.5) is 4.79 Å². The fourth-order valence-electron chi connectivity index (χ4n) is 4.24. The Kier molecular flexibility index (Phi) is 10.5. The number of nitrogens with zero attached hydrogens (tertiary/aromatic N) is 2. The summed E-state index contributed by atoms with van der Waals surface area (Å²) in [6, 6.07) is 15.5. The van der Waals surface area contributed by atoms with Gasteiger partial charge >= 0.3 is 12.1 Å². The lowest BCUT2D eigenvalue weighted by Crippen LogP contribution is -2.36. The van der Waals surface area contributed by atoms with Crippen LogP contribution in [0.3, 0.4) is 0 Å². The number of methoxy groups -OCH3 is 1. The fraction of sp³-hybridized carbons (Fsp3) is 0.406. The van der Waals surface area contributed by atoms with E-state index in [0.29, 0.717) is 37.9 Å². The first-order valence-corrected chi connectivity index (χ1v) is 13.6. The molecule has 0 bridgehead atoms. The van der Waals surface area contributed by atoms with E-state index in [1.807, 2.05) is 77.1 Å². The van der Waals surface area contributed by atoms with Crippen LogP contribution in [0.1, 0.15) is 52.7 Å². The number of hydrogen-bond donors (Lipinski definition) is 0. The van der Waals surface area contributed by atoms with Crippen molar-refractivity contribution in [1.82, 2.24) is 9.88 Å². The lowest BCUT2D eigenvalue weighted by molar-refractivity contribution is -0.142. The molecule has 0 N–H and O–H groups in total.